The zero-order chi connectivity index (χ0) is 19.5. The predicted octanol–water partition coefficient (Wildman–Crippen LogP) is 5.03. The van der Waals surface area contributed by atoms with Gasteiger partial charge in [0, 0.05) is 31.6 Å². The molecule has 28 heavy (non-hydrogen) atoms. The third-order valence-corrected chi connectivity index (χ3v) is 5.96. The minimum absolute atomic E-state index is 0.0770. The molecular weight excluding hydrogens is 372 g/mol. The van der Waals surface area contributed by atoms with Crippen molar-refractivity contribution in [3.8, 4) is 0 Å². The highest BCUT2D eigenvalue weighted by atomic mass is 32.1. The van der Waals surface area contributed by atoms with Crippen LogP contribution in [0.1, 0.15) is 38.2 Å². The molecule has 1 aliphatic heterocycles. The maximum absolute atomic E-state index is 12.2. The van der Waals surface area contributed by atoms with Crippen molar-refractivity contribution in [1.82, 2.24) is 9.97 Å². The lowest BCUT2D eigenvalue weighted by Gasteiger charge is -2.32. The third kappa shape index (κ3) is 4.09. The molecule has 3 heterocycles. The fourth-order valence-corrected chi connectivity index (χ4v) is 4.30. The van der Waals surface area contributed by atoms with Crippen LogP contribution in [0.5, 0.6) is 0 Å². The van der Waals surface area contributed by atoms with Crippen molar-refractivity contribution in [2.24, 2.45) is 0 Å². The lowest BCUT2D eigenvalue weighted by Crippen LogP contribution is -2.39. The topological polar surface area (TPSA) is 67.3 Å². The minimum atomic E-state index is -0.390. The van der Waals surface area contributed by atoms with Gasteiger partial charge in [0.05, 0.1) is 10.2 Å². The molecule has 0 aliphatic carbocycles. The van der Waals surface area contributed by atoms with Gasteiger partial charge < -0.3 is 9.64 Å². The number of rotatable bonds is 4. The van der Waals surface area contributed by atoms with Gasteiger partial charge in [-0.2, -0.15) is 0 Å². The highest BCUT2D eigenvalue weighted by Crippen LogP contribution is 2.30. The van der Waals surface area contributed by atoms with Crippen LogP contribution in [0.25, 0.3) is 10.2 Å². The summed E-state index contributed by atoms with van der Waals surface area (Å²) in [6, 6.07) is 9.91. The van der Waals surface area contributed by atoms with Gasteiger partial charge in [0.15, 0.2) is 0 Å². The molecular formula is C21H24N4O2S. The number of hydrogen-bond donors (Lipinski definition) is 1. The second-order valence-electron chi connectivity index (χ2n) is 7.33. The molecule has 0 atom stereocenters. The molecule has 1 aliphatic rings. The van der Waals surface area contributed by atoms with Gasteiger partial charge in [-0.15, -0.1) is 11.3 Å². The Morgan fingerprint density at radius 3 is 2.64 bits per heavy atom. The van der Waals surface area contributed by atoms with Crippen molar-refractivity contribution in [1.29, 1.82) is 0 Å². The van der Waals surface area contributed by atoms with Gasteiger partial charge in [0.1, 0.15) is 18.2 Å². The summed E-state index contributed by atoms with van der Waals surface area (Å²) in [6.07, 6.45) is 2.73. The normalized spacial score (nSPS) is 15.2. The lowest BCUT2D eigenvalue weighted by molar-refractivity contribution is 0.0950. The number of amides is 1. The van der Waals surface area contributed by atoms with E-state index >= 15 is 0 Å². The average Bonchev–Trinajstić information content (AvgIpc) is 3.18. The van der Waals surface area contributed by atoms with Crippen molar-refractivity contribution in [2.75, 3.05) is 23.3 Å². The van der Waals surface area contributed by atoms with E-state index in [9.17, 15) is 4.79 Å². The quantitative estimate of drug-likeness (QED) is 0.670. The summed E-state index contributed by atoms with van der Waals surface area (Å²) in [6.45, 7) is 5.91. The molecule has 3 aromatic rings. The van der Waals surface area contributed by atoms with Crippen LogP contribution in [0, 0.1) is 0 Å². The number of carbonyl (C=O) groups excluding carboxylic acids is 1. The van der Waals surface area contributed by atoms with Crippen LogP contribution < -0.4 is 10.2 Å². The third-order valence-electron chi connectivity index (χ3n) is 5.06. The van der Waals surface area contributed by atoms with Crippen LogP contribution in [-0.4, -0.2) is 35.3 Å². The molecule has 1 aromatic carbocycles. The smallest absolute Gasteiger partial charge is 0.411 e. The van der Waals surface area contributed by atoms with Crippen LogP contribution in [0.2, 0.25) is 0 Å². The van der Waals surface area contributed by atoms with E-state index in [1.165, 1.54) is 5.56 Å². The number of aromatic nitrogens is 2. The van der Waals surface area contributed by atoms with Crippen molar-refractivity contribution in [3.05, 3.63) is 47.6 Å². The molecule has 6 nitrogen and oxygen atoms in total. The molecule has 1 saturated heterocycles. The highest BCUT2D eigenvalue weighted by molar-refractivity contribution is 7.17. The standard InChI is InChI=1S/C21H24N4O2S/c1-14(2)15-3-5-16(6-4-15)24-21(26)27-17-7-10-25(11-8-17)20-19-18(9-12-28-19)22-13-23-20/h3-6,9,12-14,17H,7-8,10-11H2,1-2H3,(H,24,26). The Kier molecular flexibility index (Phi) is 5.43. The largest absolute Gasteiger partial charge is 0.446 e. The van der Waals surface area contributed by atoms with Crippen LogP contribution >= 0.6 is 11.3 Å². The van der Waals surface area contributed by atoms with Crippen LogP contribution in [0.4, 0.5) is 16.3 Å². The molecule has 1 N–H and O–H groups in total. The van der Waals surface area contributed by atoms with Gasteiger partial charge in [-0.05, 0) is 35.1 Å². The number of fused-ring (bicyclic) bond motifs is 1. The van der Waals surface area contributed by atoms with Crippen molar-refractivity contribution in [2.45, 2.75) is 38.7 Å². The van der Waals surface area contributed by atoms with E-state index in [0.717, 1.165) is 47.7 Å². The van der Waals surface area contributed by atoms with Gasteiger partial charge in [-0.3, -0.25) is 5.32 Å². The summed E-state index contributed by atoms with van der Waals surface area (Å²) in [5.74, 6) is 1.45. The number of benzene rings is 1. The maximum Gasteiger partial charge on any atom is 0.411 e. The number of nitrogens with zero attached hydrogens (tertiary/aromatic N) is 3. The first-order valence-electron chi connectivity index (χ1n) is 9.61. The van der Waals surface area contributed by atoms with E-state index < -0.39 is 6.09 Å². The van der Waals surface area contributed by atoms with Gasteiger partial charge in [-0.1, -0.05) is 26.0 Å². The Balaban J connectivity index is 1.30. The van der Waals surface area contributed by atoms with Gasteiger partial charge in [-0.25, -0.2) is 14.8 Å². The van der Waals surface area contributed by atoms with Crippen LogP contribution in [0.3, 0.4) is 0 Å². The van der Waals surface area contributed by atoms with Crippen LogP contribution in [0.15, 0.2) is 42.0 Å². The Labute approximate surface area is 168 Å². The summed E-state index contributed by atoms with van der Waals surface area (Å²) < 4.78 is 6.74. The fourth-order valence-electron chi connectivity index (χ4n) is 3.44. The average molecular weight is 397 g/mol. The van der Waals surface area contributed by atoms with E-state index in [-0.39, 0.29) is 6.10 Å². The molecule has 146 valence electrons. The maximum atomic E-state index is 12.2. The summed E-state index contributed by atoms with van der Waals surface area (Å²) in [7, 11) is 0. The zero-order valence-electron chi connectivity index (χ0n) is 16.1. The summed E-state index contributed by atoms with van der Waals surface area (Å²) in [5.41, 5.74) is 2.99. The Bertz CT molecular complexity index is 946. The Morgan fingerprint density at radius 1 is 1.18 bits per heavy atom. The highest BCUT2D eigenvalue weighted by Gasteiger charge is 2.24. The number of thiophene rings is 1. The van der Waals surface area contributed by atoms with Crippen molar-refractivity contribution < 1.29 is 9.53 Å². The van der Waals surface area contributed by atoms with Crippen LogP contribution in [-0.2, 0) is 4.74 Å². The molecule has 4 rings (SSSR count). The van der Waals surface area contributed by atoms with Gasteiger partial charge in [0.2, 0.25) is 0 Å². The second kappa shape index (κ2) is 8.14. The minimum Gasteiger partial charge on any atom is -0.446 e. The van der Waals surface area contributed by atoms with E-state index in [1.54, 1.807) is 17.7 Å². The molecule has 1 fully saturated rings. The summed E-state index contributed by atoms with van der Waals surface area (Å²) in [5, 5.41) is 4.86. The number of anilines is 2. The first kappa shape index (κ1) is 18.7. The monoisotopic (exact) mass is 396 g/mol. The Hall–Kier alpha value is -2.67. The molecule has 0 saturated carbocycles. The second-order valence-corrected chi connectivity index (χ2v) is 8.24. The molecule has 0 bridgehead atoms. The summed E-state index contributed by atoms with van der Waals surface area (Å²) in [4.78, 5) is 23.2. The van der Waals surface area contributed by atoms with Crippen molar-refractivity contribution in [3.63, 3.8) is 0 Å². The lowest BCUT2D eigenvalue weighted by atomic mass is 10.0. The molecule has 0 unspecified atom stereocenters. The number of ether oxygens (including phenoxy) is 1. The first-order chi connectivity index (χ1) is 13.6. The van der Waals surface area contributed by atoms with Crippen molar-refractivity contribution >= 4 is 39.2 Å². The number of carbonyl (C=O) groups is 1. The SMILES string of the molecule is CC(C)c1ccc(NC(=O)OC2CCN(c3ncnc4ccsc34)CC2)cc1. The molecule has 0 spiro atoms. The molecule has 1 amide bonds. The zero-order valence-corrected chi connectivity index (χ0v) is 16.9. The van der Waals surface area contributed by atoms with Gasteiger partial charge in [0.25, 0.3) is 0 Å². The molecule has 0 radical (unpaired) electrons. The van der Waals surface area contributed by atoms with E-state index in [4.69, 9.17) is 4.74 Å². The van der Waals surface area contributed by atoms with Gasteiger partial charge >= 0.3 is 6.09 Å². The molecule has 2 aromatic heterocycles. The predicted molar refractivity (Wildman–Crippen MR) is 113 cm³/mol. The fraction of sp³-hybridized carbons (Fsp3) is 0.381. The summed E-state index contributed by atoms with van der Waals surface area (Å²) >= 11 is 1.66. The number of nitrogens with one attached hydrogen (secondary N) is 1. The van der Waals surface area contributed by atoms with E-state index in [2.05, 4.69) is 34.0 Å². The van der Waals surface area contributed by atoms with E-state index in [1.807, 2.05) is 35.7 Å². The van der Waals surface area contributed by atoms with E-state index in [0.29, 0.717) is 5.92 Å². The number of piperidine rings is 1. The molecule has 7 heteroatoms. The Morgan fingerprint density at radius 2 is 1.93 bits per heavy atom. The first-order valence-corrected chi connectivity index (χ1v) is 10.5. The number of hydrogen-bond acceptors (Lipinski definition) is 6.